The van der Waals surface area contributed by atoms with Gasteiger partial charge < -0.3 is 9.64 Å². The number of likely N-dealkylation sites (N-methyl/N-ethyl adjacent to an activating group) is 1. The number of hydrogen-bond donors (Lipinski definition) is 0. The zero-order valence-electron chi connectivity index (χ0n) is 17.0. The highest BCUT2D eigenvalue weighted by molar-refractivity contribution is 6.32. The first-order valence-electron chi connectivity index (χ1n) is 9.93. The minimum absolute atomic E-state index is 0.0511. The largest absolute Gasteiger partial charge is 0.491 e. The van der Waals surface area contributed by atoms with Crippen LogP contribution in [0.25, 0.3) is 0 Å². The number of piperazine rings is 1. The van der Waals surface area contributed by atoms with Gasteiger partial charge in [0, 0.05) is 56.9 Å². The number of amides is 1. The molecule has 0 atom stereocenters. The van der Waals surface area contributed by atoms with Crippen LogP contribution in [0.5, 0.6) is 5.75 Å². The van der Waals surface area contributed by atoms with Gasteiger partial charge in [0.05, 0.1) is 11.6 Å². The molecular weight excluding hydrogens is 428 g/mol. The molecule has 8 heteroatoms. The van der Waals surface area contributed by atoms with Gasteiger partial charge in [-0.25, -0.2) is 4.39 Å². The molecule has 0 saturated carbocycles. The quantitative estimate of drug-likeness (QED) is 0.609. The van der Waals surface area contributed by atoms with Crippen molar-refractivity contribution in [2.75, 3.05) is 52.9 Å². The summed E-state index contributed by atoms with van der Waals surface area (Å²) < 4.78 is 19.7. The van der Waals surface area contributed by atoms with Gasteiger partial charge in [-0.1, -0.05) is 41.4 Å². The number of hydrogen-bond acceptors (Lipinski definition) is 4. The summed E-state index contributed by atoms with van der Waals surface area (Å²) in [6.07, 6.45) is 0. The number of halogens is 3. The van der Waals surface area contributed by atoms with E-state index in [1.54, 1.807) is 19.2 Å². The summed E-state index contributed by atoms with van der Waals surface area (Å²) >= 11 is 12.2. The standard InChI is InChI=1S/C22H26Cl2FN3O2/c1-26(15-17-18(23)6-4-7-20(17)25)22(29)16-28-11-9-27(10-12-28)13-14-30-21-8-3-2-5-19(21)24/h2-8H,9-16H2,1H3. The van der Waals surface area contributed by atoms with Crippen LogP contribution in [0.1, 0.15) is 5.56 Å². The molecule has 3 rings (SSSR count). The van der Waals surface area contributed by atoms with Gasteiger partial charge in [0.15, 0.2) is 0 Å². The molecule has 1 aliphatic heterocycles. The van der Waals surface area contributed by atoms with E-state index < -0.39 is 5.82 Å². The molecule has 0 aliphatic carbocycles. The Kier molecular flexibility index (Phi) is 8.33. The van der Waals surface area contributed by atoms with Gasteiger partial charge in [0.1, 0.15) is 18.2 Å². The highest BCUT2D eigenvalue weighted by atomic mass is 35.5. The first kappa shape index (κ1) is 22.8. The molecule has 0 spiro atoms. The average Bonchev–Trinajstić information content (AvgIpc) is 2.73. The molecular formula is C22H26Cl2FN3O2. The molecule has 2 aromatic carbocycles. The summed E-state index contributed by atoms with van der Waals surface area (Å²) in [5, 5.41) is 0.948. The van der Waals surface area contributed by atoms with E-state index in [0.29, 0.717) is 34.5 Å². The van der Waals surface area contributed by atoms with Gasteiger partial charge in [-0.15, -0.1) is 0 Å². The van der Waals surface area contributed by atoms with Crippen molar-refractivity contribution < 1.29 is 13.9 Å². The predicted octanol–water partition coefficient (Wildman–Crippen LogP) is 3.79. The van der Waals surface area contributed by atoms with Crippen molar-refractivity contribution in [3.8, 4) is 5.75 Å². The Labute approximate surface area is 186 Å². The number of nitrogens with zero attached hydrogens (tertiary/aromatic N) is 3. The van der Waals surface area contributed by atoms with Crippen molar-refractivity contribution in [2.24, 2.45) is 0 Å². The lowest BCUT2D eigenvalue weighted by molar-refractivity contribution is -0.132. The van der Waals surface area contributed by atoms with Crippen LogP contribution in [-0.2, 0) is 11.3 Å². The maximum Gasteiger partial charge on any atom is 0.236 e. The molecule has 0 aromatic heterocycles. The summed E-state index contributed by atoms with van der Waals surface area (Å²) in [5.41, 5.74) is 0.346. The number of carbonyl (C=O) groups excluding carboxylic acids is 1. The molecule has 30 heavy (non-hydrogen) atoms. The van der Waals surface area contributed by atoms with E-state index in [9.17, 15) is 9.18 Å². The summed E-state index contributed by atoms with van der Waals surface area (Å²) in [5.74, 6) is 0.251. The third kappa shape index (κ3) is 6.32. The fraction of sp³-hybridized carbons (Fsp3) is 0.409. The van der Waals surface area contributed by atoms with E-state index in [0.717, 1.165) is 32.7 Å². The van der Waals surface area contributed by atoms with E-state index in [4.69, 9.17) is 27.9 Å². The fourth-order valence-electron chi connectivity index (χ4n) is 3.34. The van der Waals surface area contributed by atoms with Crippen molar-refractivity contribution in [1.82, 2.24) is 14.7 Å². The van der Waals surface area contributed by atoms with Crippen molar-refractivity contribution in [3.05, 3.63) is 63.9 Å². The molecule has 1 amide bonds. The maximum atomic E-state index is 14.0. The zero-order valence-corrected chi connectivity index (χ0v) is 18.5. The molecule has 0 N–H and O–H groups in total. The van der Waals surface area contributed by atoms with Gasteiger partial charge in [0.25, 0.3) is 0 Å². The number of carbonyl (C=O) groups is 1. The van der Waals surface area contributed by atoms with E-state index in [1.807, 2.05) is 24.3 Å². The molecule has 2 aromatic rings. The summed E-state index contributed by atoms with van der Waals surface area (Å²) in [7, 11) is 1.67. The highest BCUT2D eigenvalue weighted by Gasteiger charge is 2.21. The minimum atomic E-state index is -0.394. The Morgan fingerprint density at radius 1 is 1.03 bits per heavy atom. The lowest BCUT2D eigenvalue weighted by Gasteiger charge is -2.35. The van der Waals surface area contributed by atoms with E-state index in [1.165, 1.54) is 11.0 Å². The second-order valence-corrected chi connectivity index (χ2v) is 8.16. The molecule has 5 nitrogen and oxygen atoms in total. The lowest BCUT2D eigenvalue weighted by atomic mass is 10.2. The smallest absolute Gasteiger partial charge is 0.236 e. The molecule has 0 unspecified atom stereocenters. The second kappa shape index (κ2) is 11.0. The third-order valence-electron chi connectivity index (χ3n) is 5.21. The van der Waals surface area contributed by atoms with Crippen molar-refractivity contribution in [2.45, 2.75) is 6.54 Å². The van der Waals surface area contributed by atoms with E-state index >= 15 is 0 Å². The lowest BCUT2D eigenvalue weighted by Crippen LogP contribution is -2.50. The van der Waals surface area contributed by atoms with Crippen molar-refractivity contribution >= 4 is 29.1 Å². The average molecular weight is 454 g/mol. The molecule has 0 bridgehead atoms. The fourth-order valence-corrected chi connectivity index (χ4v) is 3.75. The van der Waals surface area contributed by atoms with Crippen LogP contribution < -0.4 is 4.74 Å². The van der Waals surface area contributed by atoms with Crippen LogP contribution in [-0.4, -0.2) is 73.5 Å². The monoisotopic (exact) mass is 453 g/mol. The molecule has 1 fully saturated rings. The van der Waals surface area contributed by atoms with Crippen molar-refractivity contribution in [1.29, 1.82) is 0 Å². The highest BCUT2D eigenvalue weighted by Crippen LogP contribution is 2.23. The minimum Gasteiger partial charge on any atom is -0.491 e. The second-order valence-electron chi connectivity index (χ2n) is 7.35. The topological polar surface area (TPSA) is 36.0 Å². The summed E-state index contributed by atoms with van der Waals surface area (Å²) in [6, 6.07) is 12.0. The molecule has 1 saturated heterocycles. The molecule has 162 valence electrons. The van der Waals surface area contributed by atoms with Crippen LogP contribution >= 0.6 is 23.2 Å². The van der Waals surface area contributed by atoms with Crippen LogP contribution in [0.4, 0.5) is 4.39 Å². The third-order valence-corrected chi connectivity index (χ3v) is 5.87. The van der Waals surface area contributed by atoms with E-state index in [-0.39, 0.29) is 12.5 Å². The Balaban J connectivity index is 1.38. The Bertz CT molecular complexity index is 840. The SMILES string of the molecule is CN(Cc1c(F)cccc1Cl)C(=O)CN1CCN(CCOc2ccccc2Cl)CC1. The van der Waals surface area contributed by atoms with Crippen LogP contribution in [0.2, 0.25) is 10.0 Å². The van der Waals surface area contributed by atoms with Crippen LogP contribution in [0, 0.1) is 5.82 Å². The van der Waals surface area contributed by atoms with Crippen LogP contribution in [0.3, 0.4) is 0 Å². The number of benzene rings is 2. The number of ether oxygens (including phenoxy) is 1. The zero-order chi connectivity index (χ0) is 21.5. The Hall–Kier alpha value is -1.86. The Morgan fingerprint density at radius 3 is 2.40 bits per heavy atom. The molecule has 1 heterocycles. The first-order valence-corrected chi connectivity index (χ1v) is 10.7. The predicted molar refractivity (Wildman–Crippen MR) is 118 cm³/mol. The van der Waals surface area contributed by atoms with Gasteiger partial charge >= 0.3 is 0 Å². The van der Waals surface area contributed by atoms with Crippen molar-refractivity contribution in [3.63, 3.8) is 0 Å². The Morgan fingerprint density at radius 2 is 1.70 bits per heavy atom. The summed E-state index contributed by atoms with van der Waals surface area (Å²) in [6.45, 7) is 5.16. The van der Waals surface area contributed by atoms with Gasteiger partial charge in [0.2, 0.25) is 5.91 Å². The molecule has 0 radical (unpaired) electrons. The first-order chi connectivity index (χ1) is 14.4. The van der Waals surface area contributed by atoms with Gasteiger partial charge in [-0.2, -0.15) is 0 Å². The van der Waals surface area contributed by atoms with Gasteiger partial charge in [-0.05, 0) is 24.3 Å². The van der Waals surface area contributed by atoms with E-state index in [2.05, 4.69) is 9.80 Å². The summed E-state index contributed by atoms with van der Waals surface area (Å²) in [4.78, 5) is 18.5. The maximum absolute atomic E-state index is 14.0. The normalized spacial score (nSPS) is 15.2. The number of rotatable bonds is 8. The number of para-hydroxylation sites is 1. The van der Waals surface area contributed by atoms with Gasteiger partial charge in [-0.3, -0.25) is 14.6 Å². The van der Waals surface area contributed by atoms with Crippen LogP contribution in [0.15, 0.2) is 42.5 Å². The molecule has 1 aliphatic rings.